The molecule has 0 aromatic heterocycles. The van der Waals surface area contributed by atoms with E-state index in [0.717, 1.165) is 18.5 Å². The first kappa shape index (κ1) is 19.9. The van der Waals surface area contributed by atoms with Gasteiger partial charge in [-0.2, -0.15) is 0 Å². The van der Waals surface area contributed by atoms with Crippen LogP contribution in [0.5, 0.6) is 0 Å². The number of urea groups is 1. The van der Waals surface area contributed by atoms with Gasteiger partial charge in [-0.25, -0.2) is 4.79 Å². The summed E-state index contributed by atoms with van der Waals surface area (Å²) in [6.07, 6.45) is 3.30. The van der Waals surface area contributed by atoms with Crippen molar-refractivity contribution < 1.29 is 9.59 Å². The number of hydrogen-bond donors (Lipinski definition) is 2. The van der Waals surface area contributed by atoms with Gasteiger partial charge in [0.05, 0.1) is 0 Å². The van der Waals surface area contributed by atoms with Gasteiger partial charge in [-0.3, -0.25) is 4.79 Å². The lowest BCUT2D eigenvalue weighted by atomic mass is 9.95. The fourth-order valence-electron chi connectivity index (χ4n) is 3.53. The molecular formula is C23H29N3O2. The van der Waals surface area contributed by atoms with Crippen molar-refractivity contribution in [2.75, 3.05) is 18.4 Å². The van der Waals surface area contributed by atoms with Gasteiger partial charge in [0.15, 0.2) is 0 Å². The van der Waals surface area contributed by atoms with E-state index in [4.69, 9.17) is 0 Å². The third kappa shape index (κ3) is 5.84. The summed E-state index contributed by atoms with van der Waals surface area (Å²) in [6, 6.07) is 19.8. The van der Waals surface area contributed by atoms with Crippen LogP contribution in [0, 0.1) is 5.92 Å². The standard InChI is InChI=1S/C23H29N3O2/c1-18(12-13-19-8-4-2-5-9-19)24-22(27)20-14-16-26(17-15-20)23(28)25-21-10-6-3-7-11-21/h2-11,18,20H,12-17H2,1H3,(H,24,27)(H,25,28). The van der Waals surface area contributed by atoms with Crippen LogP contribution < -0.4 is 10.6 Å². The highest BCUT2D eigenvalue weighted by Gasteiger charge is 2.27. The first-order valence-corrected chi connectivity index (χ1v) is 10.1. The highest BCUT2D eigenvalue weighted by atomic mass is 16.2. The van der Waals surface area contributed by atoms with Crippen molar-refractivity contribution in [1.82, 2.24) is 10.2 Å². The molecule has 0 spiro atoms. The van der Waals surface area contributed by atoms with E-state index in [9.17, 15) is 9.59 Å². The molecule has 0 radical (unpaired) electrons. The Morgan fingerprint density at radius 2 is 1.61 bits per heavy atom. The zero-order valence-electron chi connectivity index (χ0n) is 16.4. The molecule has 0 bridgehead atoms. The van der Waals surface area contributed by atoms with Crippen molar-refractivity contribution >= 4 is 17.6 Å². The number of likely N-dealkylation sites (tertiary alicyclic amines) is 1. The summed E-state index contributed by atoms with van der Waals surface area (Å²) in [6.45, 7) is 3.27. The SMILES string of the molecule is CC(CCc1ccccc1)NC(=O)C1CCN(C(=O)Nc2ccccc2)CC1. The molecule has 3 rings (SSSR count). The molecule has 2 aromatic carbocycles. The lowest BCUT2D eigenvalue weighted by Gasteiger charge is -2.32. The number of hydrogen-bond acceptors (Lipinski definition) is 2. The second-order valence-corrected chi connectivity index (χ2v) is 7.49. The van der Waals surface area contributed by atoms with Crippen molar-refractivity contribution in [3.8, 4) is 0 Å². The second kappa shape index (κ2) is 9.93. The largest absolute Gasteiger partial charge is 0.353 e. The fraction of sp³-hybridized carbons (Fsp3) is 0.391. The Kier molecular flexibility index (Phi) is 7.06. The lowest BCUT2D eigenvalue weighted by Crippen LogP contribution is -2.46. The van der Waals surface area contributed by atoms with Crippen molar-refractivity contribution in [1.29, 1.82) is 0 Å². The number of rotatable bonds is 6. The van der Waals surface area contributed by atoms with E-state index in [1.807, 2.05) is 48.5 Å². The quantitative estimate of drug-likeness (QED) is 0.795. The average Bonchev–Trinajstić information content (AvgIpc) is 2.74. The Balaban J connectivity index is 1.39. The topological polar surface area (TPSA) is 61.4 Å². The summed E-state index contributed by atoms with van der Waals surface area (Å²) >= 11 is 0. The Hall–Kier alpha value is -2.82. The number of aryl methyl sites for hydroxylation is 1. The van der Waals surface area contributed by atoms with Crippen LogP contribution >= 0.6 is 0 Å². The molecule has 1 atom stereocenters. The Morgan fingerprint density at radius 3 is 2.25 bits per heavy atom. The minimum atomic E-state index is -0.0960. The maximum absolute atomic E-state index is 12.6. The number of nitrogens with zero attached hydrogens (tertiary/aromatic N) is 1. The summed E-state index contributed by atoms with van der Waals surface area (Å²) in [4.78, 5) is 26.7. The monoisotopic (exact) mass is 379 g/mol. The summed E-state index contributed by atoms with van der Waals surface area (Å²) in [5.74, 6) is 0.101. The van der Waals surface area contributed by atoms with Crippen molar-refractivity contribution in [3.63, 3.8) is 0 Å². The summed E-state index contributed by atoms with van der Waals surface area (Å²) < 4.78 is 0. The van der Waals surface area contributed by atoms with Crippen molar-refractivity contribution in [2.24, 2.45) is 5.92 Å². The zero-order valence-corrected chi connectivity index (χ0v) is 16.4. The summed E-state index contributed by atoms with van der Waals surface area (Å²) in [5, 5.41) is 6.05. The normalized spacial score (nSPS) is 15.7. The molecule has 3 amide bonds. The maximum Gasteiger partial charge on any atom is 0.321 e. The van der Waals surface area contributed by atoms with Crippen LogP contribution in [0.25, 0.3) is 0 Å². The maximum atomic E-state index is 12.6. The van der Waals surface area contributed by atoms with Crippen LogP contribution in [0.15, 0.2) is 60.7 Å². The van der Waals surface area contributed by atoms with Crippen LogP contribution in [0.1, 0.15) is 31.7 Å². The molecule has 1 heterocycles. The highest BCUT2D eigenvalue weighted by molar-refractivity contribution is 5.89. The number of nitrogens with one attached hydrogen (secondary N) is 2. The number of piperidine rings is 1. The second-order valence-electron chi connectivity index (χ2n) is 7.49. The van der Waals surface area contributed by atoms with Crippen molar-refractivity contribution in [2.45, 2.75) is 38.6 Å². The molecular weight excluding hydrogens is 350 g/mol. The molecule has 0 aliphatic carbocycles. The number of anilines is 1. The molecule has 1 fully saturated rings. The number of carbonyl (C=O) groups excluding carboxylic acids is 2. The van der Waals surface area contributed by atoms with E-state index in [-0.39, 0.29) is 23.9 Å². The third-order valence-electron chi connectivity index (χ3n) is 5.28. The van der Waals surface area contributed by atoms with Crippen LogP contribution in [-0.2, 0) is 11.2 Å². The Bertz CT molecular complexity index is 756. The summed E-state index contributed by atoms with van der Waals surface area (Å²) in [7, 11) is 0. The first-order chi connectivity index (χ1) is 13.6. The van der Waals surface area contributed by atoms with Crippen LogP contribution in [0.3, 0.4) is 0 Å². The van der Waals surface area contributed by atoms with Gasteiger partial charge < -0.3 is 15.5 Å². The molecule has 2 aromatic rings. The Morgan fingerprint density at radius 1 is 1.00 bits per heavy atom. The number of benzene rings is 2. The van der Waals surface area contributed by atoms with Gasteiger partial charge in [-0.1, -0.05) is 48.5 Å². The van der Waals surface area contributed by atoms with Crippen molar-refractivity contribution in [3.05, 3.63) is 66.2 Å². The van der Waals surface area contributed by atoms with Crippen LogP contribution in [-0.4, -0.2) is 36.0 Å². The molecule has 1 aliphatic rings. The lowest BCUT2D eigenvalue weighted by molar-refractivity contribution is -0.126. The predicted octanol–water partition coefficient (Wildman–Crippen LogP) is 4.07. The van der Waals surface area contributed by atoms with E-state index in [2.05, 4.69) is 29.7 Å². The van der Waals surface area contributed by atoms with Crippen LogP contribution in [0.2, 0.25) is 0 Å². The number of carbonyl (C=O) groups is 2. The van der Waals surface area contributed by atoms with Gasteiger partial charge in [0.1, 0.15) is 0 Å². The molecule has 2 N–H and O–H groups in total. The molecule has 28 heavy (non-hydrogen) atoms. The van der Waals surface area contributed by atoms with Gasteiger partial charge in [-0.05, 0) is 50.3 Å². The number of para-hydroxylation sites is 1. The molecule has 148 valence electrons. The fourth-order valence-corrected chi connectivity index (χ4v) is 3.53. The van der Waals surface area contributed by atoms with Gasteiger partial charge in [0, 0.05) is 30.7 Å². The average molecular weight is 380 g/mol. The molecule has 5 heteroatoms. The summed E-state index contributed by atoms with van der Waals surface area (Å²) in [5.41, 5.74) is 2.08. The minimum Gasteiger partial charge on any atom is -0.353 e. The van der Waals surface area contributed by atoms with E-state index < -0.39 is 0 Å². The van der Waals surface area contributed by atoms with Gasteiger partial charge >= 0.3 is 6.03 Å². The van der Waals surface area contributed by atoms with Gasteiger partial charge in [0.25, 0.3) is 0 Å². The van der Waals surface area contributed by atoms with Gasteiger partial charge in [0.2, 0.25) is 5.91 Å². The van der Waals surface area contributed by atoms with E-state index >= 15 is 0 Å². The molecule has 0 saturated carbocycles. The molecule has 5 nitrogen and oxygen atoms in total. The smallest absolute Gasteiger partial charge is 0.321 e. The van der Waals surface area contributed by atoms with E-state index in [0.29, 0.717) is 25.9 Å². The first-order valence-electron chi connectivity index (χ1n) is 10.1. The Labute approximate surface area is 167 Å². The molecule has 1 aliphatic heterocycles. The molecule has 1 unspecified atom stereocenters. The zero-order chi connectivity index (χ0) is 19.8. The minimum absolute atomic E-state index is 0.0139. The number of amides is 3. The van der Waals surface area contributed by atoms with E-state index in [1.165, 1.54) is 5.56 Å². The third-order valence-corrected chi connectivity index (χ3v) is 5.28. The molecule has 1 saturated heterocycles. The predicted molar refractivity (Wildman–Crippen MR) is 112 cm³/mol. The van der Waals surface area contributed by atoms with E-state index in [1.54, 1.807) is 4.90 Å². The van der Waals surface area contributed by atoms with Crippen LogP contribution in [0.4, 0.5) is 10.5 Å². The van der Waals surface area contributed by atoms with Gasteiger partial charge in [-0.15, -0.1) is 0 Å². The highest BCUT2D eigenvalue weighted by Crippen LogP contribution is 2.19.